The van der Waals surface area contributed by atoms with E-state index in [4.69, 9.17) is 38.6 Å². The molecule has 0 heterocycles. The number of ether oxygens (including phenoxy) is 1. The van der Waals surface area contributed by atoms with Crippen molar-refractivity contribution in [3.05, 3.63) is 27.7 Å². The highest BCUT2D eigenvalue weighted by molar-refractivity contribution is 8.13. The third-order valence-electron chi connectivity index (χ3n) is 3.47. The van der Waals surface area contributed by atoms with E-state index in [-0.39, 0.29) is 22.2 Å². The summed E-state index contributed by atoms with van der Waals surface area (Å²) in [6.45, 7) is 0.273. The zero-order chi connectivity index (χ0) is 15.6. The summed E-state index contributed by atoms with van der Waals surface area (Å²) in [6.07, 6.45) is 4.33. The summed E-state index contributed by atoms with van der Waals surface area (Å²) in [4.78, 5) is 11.6. The van der Waals surface area contributed by atoms with Gasteiger partial charge in [-0.2, -0.15) is 0 Å². The molecule has 8 heteroatoms. The second-order valence-corrected chi connectivity index (χ2v) is 8.27. The quantitative estimate of drug-likeness (QED) is 0.573. The zero-order valence-electron chi connectivity index (χ0n) is 10.9. The summed E-state index contributed by atoms with van der Waals surface area (Å²) in [5.74, 6) is -0.102. The van der Waals surface area contributed by atoms with Crippen LogP contribution in [0.15, 0.2) is 17.0 Å². The SMILES string of the molecule is O=C(OCCC1CCC1)c1cc(Cl)cc(S(=O)(=O)Cl)c1Cl. The van der Waals surface area contributed by atoms with Crippen LogP contribution < -0.4 is 0 Å². The molecule has 116 valence electrons. The lowest BCUT2D eigenvalue weighted by molar-refractivity contribution is 0.0464. The van der Waals surface area contributed by atoms with Gasteiger partial charge in [0.25, 0.3) is 9.05 Å². The molecule has 1 aliphatic rings. The molecule has 1 aliphatic carbocycles. The lowest BCUT2D eigenvalue weighted by Gasteiger charge is -2.24. The van der Waals surface area contributed by atoms with Crippen LogP contribution in [0.1, 0.15) is 36.0 Å². The van der Waals surface area contributed by atoms with Crippen LogP contribution in [0, 0.1) is 5.92 Å². The number of rotatable bonds is 5. The van der Waals surface area contributed by atoms with Gasteiger partial charge in [0.15, 0.2) is 0 Å². The summed E-state index contributed by atoms with van der Waals surface area (Å²) in [6, 6.07) is 2.36. The Bertz CT molecular complexity index is 654. The van der Waals surface area contributed by atoms with E-state index in [0.717, 1.165) is 25.3 Å². The Hall–Kier alpha value is -0.490. The molecular weight excluding hydrogens is 359 g/mol. The van der Waals surface area contributed by atoms with Crippen LogP contribution in [0.3, 0.4) is 0 Å². The highest BCUT2D eigenvalue weighted by atomic mass is 35.7. The lowest BCUT2D eigenvalue weighted by atomic mass is 9.83. The molecule has 0 saturated heterocycles. The van der Waals surface area contributed by atoms with Crippen molar-refractivity contribution in [2.75, 3.05) is 6.61 Å². The molecule has 0 N–H and O–H groups in total. The van der Waals surface area contributed by atoms with Gasteiger partial charge in [-0.05, 0) is 24.5 Å². The first kappa shape index (κ1) is 16.9. The van der Waals surface area contributed by atoms with Crippen LogP contribution in [-0.2, 0) is 13.8 Å². The standard InChI is InChI=1S/C13H13Cl3O4S/c14-9-6-10(12(15)11(7-9)21(16,18)19)13(17)20-5-4-8-2-1-3-8/h6-8H,1-5H2. The van der Waals surface area contributed by atoms with E-state index in [9.17, 15) is 13.2 Å². The smallest absolute Gasteiger partial charge is 0.339 e. The third kappa shape index (κ3) is 4.25. The Morgan fingerprint density at radius 3 is 2.48 bits per heavy atom. The van der Waals surface area contributed by atoms with Crippen LogP contribution in [0.4, 0.5) is 0 Å². The van der Waals surface area contributed by atoms with Crippen molar-refractivity contribution in [1.29, 1.82) is 0 Å². The molecule has 0 amide bonds. The first-order chi connectivity index (χ1) is 9.79. The molecule has 0 atom stereocenters. The largest absolute Gasteiger partial charge is 0.462 e. The fourth-order valence-electron chi connectivity index (χ4n) is 2.07. The Kier molecular flexibility index (Phi) is 5.41. The zero-order valence-corrected chi connectivity index (χ0v) is 14.0. The molecule has 1 aromatic rings. The number of carbonyl (C=O) groups excluding carboxylic acids is 1. The van der Waals surface area contributed by atoms with Gasteiger partial charge < -0.3 is 4.74 Å². The van der Waals surface area contributed by atoms with Gasteiger partial charge in [0.2, 0.25) is 0 Å². The van der Waals surface area contributed by atoms with Gasteiger partial charge in [-0.3, -0.25) is 0 Å². The molecule has 0 bridgehead atoms. The molecule has 0 aromatic heterocycles. The summed E-state index contributed by atoms with van der Waals surface area (Å²) < 4.78 is 27.9. The molecule has 0 aliphatic heterocycles. The predicted octanol–water partition coefficient (Wildman–Crippen LogP) is 4.27. The van der Waals surface area contributed by atoms with Crippen molar-refractivity contribution in [3.63, 3.8) is 0 Å². The normalized spacial score (nSPS) is 15.6. The summed E-state index contributed by atoms with van der Waals surface area (Å²) in [5.41, 5.74) is -0.1000. The minimum atomic E-state index is -4.09. The molecular formula is C13H13Cl3O4S. The van der Waals surface area contributed by atoms with E-state index in [2.05, 4.69) is 0 Å². The van der Waals surface area contributed by atoms with Crippen LogP contribution in [0.2, 0.25) is 10.0 Å². The molecule has 0 unspecified atom stereocenters. The average Bonchev–Trinajstić information content (AvgIpc) is 2.33. The Morgan fingerprint density at radius 2 is 1.95 bits per heavy atom. The van der Waals surface area contributed by atoms with E-state index in [1.165, 1.54) is 12.5 Å². The highest BCUT2D eigenvalue weighted by Crippen LogP contribution is 2.32. The van der Waals surface area contributed by atoms with Crippen molar-refractivity contribution in [3.8, 4) is 0 Å². The van der Waals surface area contributed by atoms with E-state index < -0.39 is 19.9 Å². The maximum Gasteiger partial charge on any atom is 0.339 e. The Morgan fingerprint density at radius 1 is 1.29 bits per heavy atom. The van der Waals surface area contributed by atoms with Gasteiger partial charge >= 0.3 is 5.97 Å². The van der Waals surface area contributed by atoms with Crippen molar-refractivity contribution in [1.82, 2.24) is 0 Å². The molecule has 1 fully saturated rings. The first-order valence-corrected chi connectivity index (χ1v) is 9.46. The molecule has 0 radical (unpaired) electrons. The number of benzene rings is 1. The fourth-order valence-corrected chi connectivity index (χ4v) is 3.92. The fraction of sp³-hybridized carbons (Fsp3) is 0.462. The maximum absolute atomic E-state index is 12.0. The van der Waals surface area contributed by atoms with E-state index in [1.807, 2.05) is 0 Å². The van der Waals surface area contributed by atoms with Gasteiger partial charge in [0, 0.05) is 15.7 Å². The maximum atomic E-state index is 12.0. The van der Waals surface area contributed by atoms with Crippen LogP contribution >= 0.6 is 33.9 Å². The molecule has 0 spiro atoms. The van der Waals surface area contributed by atoms with Gasteiger partial charge in [-0.25, -0.2) is 13.2 Å². The van der Waals surface area contributed by atoms with E-state index in [1.54, 1.807) is 0 Å². The second kappa shape index (κ2) is 6.73. The Labute approximate surface area is 137 Å². The van der Waals surface area contributed by atoms with Crippen LogP contribution in [0.5, 0.6) is 0 Å². The number of halogens is 3. The summed E-state index contributed by atoms with van der Waals surface area (Å²) in [5, 5.41) is -0.229. The van der Waals surface area contributed by atoms with Crippen LogP contribution in [-0.4, -0.2) is 21.0 Å². The molecule has 4 nitrogen and oxygen atoms in total. The van der Waals surface area contributed by atoms with Crippen molar-refractivity contribution in [2.45, 2.75) is 30.6 Å². The van der Waals surface area contributed by atoms with Gasteiger partial charge in [0.05, 0.1) is 17.2 Å². The van der Waals surface area contributed by atoms with Gasteiger partial charge in [-0.15, -0.1) is 0 Å². The average molecular weight is 372 g/mol. The second-order valence-electron chi connectivity index (χ2n) is 4.92. The number of hydrogen-bond donors (Lipinski definition) is 0. The van der Waals surface area contributed by atoms with Crippen molar-refractivity contribution < 1.29 is 17.9 Å². The van der Waals surface area contributed by atoms with E-state index >= 15 is 0 Å². The highest BCUT2D eigenvalue weighted by Gasteiger charge is 2.24. The summed E-state index contributed by atoms with van der Waals surface area (Å²) >= 11 is 11.7. The number of esters is 1. The lowest BCUT2D eigenvalue weighted by Crippen LogP contribution is -2.16. The molecule has 1 aromatic carbocycles. The monoisotopic (exact) mass is 370 g/mol. The van der Waals surface area contributed by atoms with Crippen molar-refractivity contribution >= 4 is 48.9 Å². The molecule has 1 saturated carbocycles. The minimum absolute atomic E-state index is 0.0459. The molecule has 2 rings (SSSR count). The van der Waals surface area contributed by atoms with Gasteiger partial charge in [0.1, 0.15) is 4.90 Å². The van der Waals surface area contributed by atoms with Crippen LogP contribution in [0.25, 0.3) is 0 Å². The summed E-state index contributed by atoms with van der Waals surface area (Å²) in [7, 11) is 1.17. The first-order valence-electron chi connectivity index (χ1n) is 6.40. The number of carbonyl (C=O) groups is 1. The molecule has 21 heavy (non-hydrogen) atoms. The Balaban J connectivity index is 2.14. The predicted molar refractivity (Wildman–Crippen MR) is 81.7 cm³/mol. The van der Waals surface area contributed by atoms with E-state index in [0.29, 0.717) is 5.92 Å². The van der Waals surface area contributed by atoms with Gasteiger partial charge in [-0.1, -0.05) is 42.5 Å². The topological polar surface area (TPSA) is 60.4 Å². The third-order valence-corrected chi connectivity index (χ3v) is 5.55. The van der Waals surface area contributed by atoms with Crippen molar-refractivity contribution in [2.24, 2.45) is 5.92 Å². The number of hydrogen-bond acceptors (Lipinski definition) is 4. The minimum Gasteiger partial charge on any atom is -0.462 e.